The highest BCUT2D eigenvalue weighted by Crippen LogP contribution is 2.28. The van der Waals surface area contributed by atoms with Gasteiger partial charge < -0.3 is 14.6 Å². The van der Waals surface area contributed by atoms with Gasteiger partial charge in [-0.25, -0.2) is 4.39 Å². The Hall–Kier alpha value is -4.26. The van der Waals surface area contributed by atoms with E-state index in [1.54, 1.807) is 19.1 Å². The number of rotatable bonds is 4. The second-order valence-electron chi connectivity index (χ2n) is 7.78. The average Bonchev–Trinajstić information content (AvgIpc) is 2.82. The molecule has 0 fully saturated rings. The number of nitrogens with one attached hydrogen (secondary N) is 1. The molecule has 3 aromatic carbocycles. The van der Waals surface area contributed by atoms with Crippen LogP contribution in [-0.2, 0) is 0 Å². The van der Waals surface area contributed by atoms with E-state index >= 15 is 0 Å². The second-order valence-corrected chi connectivity index (χ2v) is 7.78. The molecule has 1 N–H and O–H groups in total. The maximum atomic E-state index is 13.8. The van der Waals surface area contributed by atoms with Crippen LogP contribution in [0.15, 0.2) is 75.9 Å². The third-order valence-corrected chi connectivity index (χ3v) is 5.29. The molecule has 0 unspecified atom stereocenters. The molecule has 166 valence electrons. The summed E-state index contributed by atoms with van der Waals surface area (Å²) >= 11 is 0. The Bertz CT molecular complexity index is 1440. The number of halogens is 1. The van der Waals surface area contributed by atoms with E-state index in [1.807, 2.05) is 30.3 Å². The molecule has 0 radical (unpaired) electrons. The Labute approximate surface area is 189 Å². The molecule has 0 bridgehead atoms. The lowest BCUT2D eigenvalue weighted by Crippen LogP contribution is -2.24. The van der Waals surface area contributed by atoms with Crippen LogP contribution in [0.1, 0.15) is 26.3 Å². The molecule has 33 heavy (non-hydrogen) atoms. The zero-order valence-corrected chi connectivity index (χ0v) is 18.3. The molecule has 0 spiro atoms. The van der Waals surface area contributed by atoms with Gasteiger partial charge in [0.15, 0.2) is 11.0 Å². The first-order chi connectivity index (χ1) is 15.8. The predicted octanol–water partition coefficient (Wildman–Crippen LogP) is 4.86. The molecule has 1 heterocycles. The molecule has 0 aliphatic carbocycles. The van der Waals surface area contributed by atoms with Gasteiger partial charge in [-0.3, -0.25) is 14.4 Å². The van der Waals surface area contributed by atoms with Crippen LogP contribution in [0.3, 0.4) is 0 Å². The van der Waals surface area contributed by atoms with Crippen molar-refractivity contribution in [2.75, 3.05) is 19.4 Å². The summed E-state index contributed by atoms with van der Waals surface area (Å²) < 4.78 is 19.9. The maximum absolute atomic E-state index is 13.8. The van der Waals surface area contributed by atoms with Crippen LogP contribution >= 0.6 is 0 Å². The van der Waals surface area contributed by atoms with E-state index in [-0.39, 0.29) is 33.2 Å². The van der Waals surface area contributed by atoms with Gasteiger partial charge in [-0.2, -0.15) is 0 Å². The topological polar surface area (TPSA) is 79.6 Å². The summed E-state index contributed by atoms with van der Waals surface area (Å²) in [4.78, 5) is 40.0. The number of carbonyl (C=O) groups excluding carboxylic acids is 2. The van der Waals surface area contributed by atoms with Crippen LogP contribution in [0.25, 0.3) is 22.3 Å². The first-order valence-corrected chi connectivity index (χ1v) is 10.2. The fourth-order valence-corrected chi connectivity index (χ4v) is 3.59. The quantitative estimate of drug-likeness (QED) is 0.487. The number of fused-ring (bicyclic) bond motifs is 1. The predicted molar refractivity (Wildman–Crippen MR) is 125 cm³/mol. The van der Waals surface area contributed by atoms with E-state index in [4.69, 9.17) is 4.42 Å². The van der Waals surface area contributed by atoms with Gasteiger partial charge in [0, 0.05) is 25.2 Å². The number of hydrogen-bond donors (Lipinski definition) is 1. The van der Waals surface area contributed by atoms with Gasteiger partial charge in [-0.05, 0) is 37.3 Å². The van der Waals surface area contributed by atoms with Crippen molar-refractivity contribution < 1.29 is 18.4 Å². The van der Waals surface area contributed by atoms with Crippen LogP contribution in [0.4, 0.5) is 10.1 Å². The second kappa shape index (κ2) is 8.70. The minimum Gasteiger partial charge on any atom is -0.455 e. The summed E-state index contributed by atoms with van der Waals surface area (Å²) in [7, 11) is 3.07. The molecule has 0 aliphatic rings. The molecular weight excluding hydrogens is 423 g/mol. The number of benzene rings is 3. The highest BCUT2D eigenvalue weighted by molar-refractivity contribution is 6.13. The van der Waals surface area contributed by atoms with Crippen LogP contribution in [0, 0.1) is 12.7 Å². The number of para-hydroxylation sites is 1. The van der Waals surface area contributed by atoms with Crippen molar-refractivity contribution in [2.45, 2.75) is 6.92 Å². The lowest BCUT2D eigenvalue weighted by molar-refractivity contribution is 0.0828. The maximum Gasteiger partial charge on any atom is 0.259 e. The highest BCUT2D eigenvalue weighted by atomic mass is 19.1. The van der Waals surface area contributed by atoms with Gasteiger partial charge >= 0.3 is 0 Å². The van der Waals surface area contributed by atoms with Gasteiger partial charge in [0.2, 0.25) is 0 Å². The van der Waals surface area contributed by atoms with E-state index in [9.17, 15) is 18.8 Å². The van der Waals surface area contributed by atoms with Crippen molar-refractivity contribution in [1.82, 2.24) is 4.90 Å². The monoisotopic (exact) mass is 444 g/mol. The van der Waals surface area contributed by atoms with Crippen molar-refractivity contribution in [3.8, 4) is 11.3 Å². The van der Waals surface area contributed by atoms with E-state index in [0.29, 0.717) is 16.9 Å². The SMILES string of the molecule is Cc1c(-c2ccccc2)oc2c(C(=O)Nc3ccc(F)cc3C(=O)N(C)C)cccc2c1=O. The summed E-state index contributed by atoms with van der Waals surface area (Å²) in [6.07, 6.45) is 0. The van der Waals surface area contributed by atoms with E-state index < -0.39 is 17.6 Å². The largest absolute Gasteiger partial charge is 0.455 e. The van der Waals surface area contributed by atoms with Crippen molar-refractivity contribution in [3.63, 3.8) is 0 Å². The first-order valence-electron chi connectivity index (χ1n) is 10.2. The van der Waals surface area contributed by atoms with Crippen molar-refractivity contribution in [1.29, 1.82) is 0 Å². The minimum absolute atomic E-state index is 0.0101. The van der Waals surface area contributed by atoms with E-state index in [1.165, 1.54) is 31.1 Å². The standard InChI is InChI=1S/C26H21FN2O4/c1-15-22(30)18-10-7-11-19(24(18)33-23(15)16-8-5-4-6-9-16)25(31)28-21-13-12-17(27)14-20(21)26(32)29(2)3/h4-14H,1-3H3,(H,28,31). The Balaban J connectivity index is 1.83. The minimum atomic E-state index is -0.600. The van der Waals surface area contributed by atoms with Crippen molar-refractivity contribution in [3.05, 3.63) is 99.5 Å². The third-order valence-electron chi connectivity index (χ3n) is 5.29. The number of carbonyl (C=O) groups is 2. The molecule has 0 saturated carbocycles. The molecule has 6 nitrogen and oxygen atoms in total. The summed E-state index contributed by atoms with van der Waals surface area (Å²) in [6.45, 7) is 1.68. The Morgan fingerprint density at radius 2 is 1.67 bits per heavy atom. The number of amides is 2. The Morgan fingerprint density at radius 1 is 0.939 bits per heavy atom. The molecule has 1 aromatic heterocycles. The number of nitrogens with zero attached hydrogens (tertiary/aromatic N) is 1. The van der Waals surface area contributed by atoms with E-state index in [2.05, 4.69) is 5.32 Å². The molecule has 4 aromatic rings. The van der Waals surface area contributed by atoms with Crippen LogP contribution in [0.2, 0.25) is 0 Å². The highest BCUT2D eigenvalue weighted by Gasteiger charge is 2.21. The molecule has 0 saturated heterocycles. The van der Waals surface area contributed by atoms with Crippen LogP contribution in [0.5, 0.6) is 0 Å². The van der Waals surface area contributed by atoms with Gasteiger partial charge in [-0.1, -0.05) is 36.4 Å². The van der Waals surface area contributed by atoms with Crippen molar-refractivity contribution >= 4 is 28.5 Å². The van der Waals surface area contributed by atoms with E-state index in [0.717, 1.165) is 12.1 Å². The van der Waals surface area contributed by atoms with Crippen molar-refractivity contribution in [2.24, 2.45) is 0 Å². The summed E-state index contributed by atoms with van der Waals surface area (Å²) in [5.41, 5.74) is 1.31. The normalized spacial score (nSPS) is 10.8. The summed E-state index contributed by atoms with van der Waals surface area (Å²) in [5.74, 6) is -1.28. The van der Waals surface area contributed by atoms with Gasteiger partial charge in [-0.15, -0.1) is 0 Å². The molecule has 7 heteroatoms. The molecule has 4 rings (SSSR count). The molecule has 2 amide bonds. The van der Waals surface area contributed by atoms with Crippen LogP contribution < -0.4 is 10.7 Å². The smallest absolute Gasteiger partial charge is 0.259 e. The Morgan fingerprint density at radius 3 is 2.36 bits per heavy atom. The summed E-state index contributed by atoms with van der Waals surface area (Å²) in [5, 5.41) is 2.93. The Kier molecular flexibility index (Phi) is 5.79. The lowest BCUT2D eigenvalue weighted by Gasteiger charge is -2.15. The molecular formula is C26H21FN2O4. The van der Waals surface area contributed by atoms with Gasteiger partial charge in [0.05, 0.1) is 22.2 Å². The third kappa shape index (κ3) is 4.13. The lowest BCUT2D eigenvalue weighted by atomic mass is 10.0. The number of hydrogen-bond acceptors (Lipinski definition) is 4. The molecule has 0 atom stereocenters. The zero-order valence-electron chi connectivity index (χ0n) is 18.3. The van der Waals surface area contributed by atoms with Gasteiger partial charge in [0.25, 0.3) is 11.8 Å². The average molecular weight is 444 g/mol. The summed E-state index contributed by atoms with van der Waals surface area (Å²) in [6, 6.07) is 17.4. The first kappa shape index (κ1) is 22.0. The van der Waals surface area contributed by atoms with Crippen LogP contribution in [-0.4, -0.2) is 30.8 Å². The fourth-order valence-electron chi connectivity index (χ4n) is 3.59. The fraction of sp³-hybridized carbons (Fsp3) is 0.115. The number of anilines is 1. The van der Waals surface area contributed by atoms with Gasteiger partial charge in [0.1, 0.15) is 11.6 Å². The molecule has 0 aliphatic heterocycles. The zero-order chi connectivity index (χ0) is 23.7.